The van der Waals surface area contributed by atoms with Crippen LogP contribution in [0, 0.1) is 12.8 Å². The molecular weight excluding hydrogens is 234 g/mol. The van der Waals surface area contributed by atoms with Crippen LogP contribution in [0.15, 0.2) is 24.3 Å². The monoisotopic (exact) mass is 257 g/mol. The topological polar surface area (TPSA) is 43.0 Å². The maximum Gasteiger partial charge on any atom is 0.0483 e. The van der Waals surface area contributed by atoms with E-state index in [0.29, 0.717) is 5.92 Å². The molecule has 0 spiro atoms. The summed E-state index contributed by atoms with van der Waals surface area (Å²) in [6.07, 6.45) is 2.37. The van der Waals surface area contributed by atoms with Gasteiger partial charge in [0, 0.05) is 29.7 Å². The molecule has 1 aliphatic heterocycles. The Labute approximate surface area is 114 Å². The maximum absolute atomic E-state index is 6.61. The van der Waals surface area contributed by atoms with E-state index in [2.05, 4.69) is 48.1 Å². The minimum absolute atomic E-state index is 0.160. The van der Waals surface area contributed by atoms with Gasteiger partial charge in [-0.3, -0.25) is 0 Å². The van der Waals surface area contributed by atoms with Crippen LogP contribution in [0.4, 0.5) is 0 Å². The van der Waals surface area contributed by atoms with Gasteiger partial charge in [0.05, 0.1) is 0 Å². The second kappa shape index (κ2) is 4.99. The highest BCUT2D eigenvalue weighted by Crippen LogP contribution is 2.35. The lowest BCUT2D eigenvalue weighted by Gasteiger charge is -2.28. The van der Waals surface area contributed by atoms with Gasteiger partial charge in [-0.25, -0.2) is 0 Å². The molecule has 0 amide bonds. The van der Waals surface area contributed by atoms with Gasteiger partial charge in [0.15, 0.2) is 0 Å². The molecule has 19 heavy (non-hydrogen) atoms. The van der Waals surface area contributed by atoms with E-state index < -0.39 is 0 Å². The number of benzene rings is 1. The summed E-state index contributed by atoms with van der Waals surface area (Å²) in [7, 11) is 2.14. The van der Waals surface area contributed by atoms with E-state index in [4.69, 9.17) is 5.73 Å². The van der Waals surface area contributed by atoms with Gasteiger partial charge in [-0.05, 0) is 50.4 Å². The molecule has 2 aromatic rings. The smallest absolute Gasteiger partial charge is 0.0483 e. The van der Waals surface area contributed by atoms with Crippen molar-refractivity contribution in [2.24, 2.45) is 18.7 Å². The van der Waals surface area contributed by atoms with Crippen LogP contribution in [0.5, 0.6) is 0 Å². The zero-order valence-electron chi connectivity index (χ0n) is 11.8. The normalized spacial score (nSPS) is 18.9. The van der Waals surface area contributed by atoms with Crippen LogP contribution in [0.2, 0.25) is 0 Å². The Kier molecular flexibility index (Phi) is 3.33. The fourth-order valence-electron chi connectivity index (χ4n) is 3.41. The molecule has 0 aliphatic carbocycles. The highest BCUT2D eigenvalue weighted by Gasteiger charge is 2.26. The number of hydrogen-bond donors (Lipinski definition) is 2. The Balaban J connectivity index is 2.06. The van der Waals surface area contributed by atoms with Crippen molar-refractivity contribution in [3.8, 4) is 0 Å². The number of aryl methyl sites for hydroxylation is 1. The molecule has 2 heterocycles. The molecule has 1 aromatic carbocycles. The van der Waals surface area contributed by atoms with Crippen molar-refractivity contribution in [3.63, 3.8) is 0 Å². The number of hydrogen-bond acceptors (Lipinski definition) is 2. The van der Waals surface area contributed by atoms with Gasteiger partial charge >= 0.3 is 0 Å². The summed E-state index contributed by atoms with van der Waals surface area (Å²) in [5.41, 5.74) is 10.6. The van der Waals surface area contributed by atoms with Gasteiger partial charge in [0.1, 0.15) is 0 Å². The van der Waals surface area contributed by atoms with E-state index in [0.717, 1.165) is 13.1 Å². The van der Waals surface area contributed by atoms with Gasteiger partial charge in [0.2, 0.25) is 0 Å². The van der Waals surface area contributed by atoms with E-state index in [1.54, 1.807) is 0 Å². The molecule has 1 atom stereocenters. The molecule has 1 saturated heterocycles. The summed E-state index contributed by atoms with van der Waals surface area (Å²) >= 11 is 0. The molecule has 1 aromatic heterocycles. The zero-order valence-corrected chi connectivity index (χ0v) is 11.8. The average molecular weight is 257 g/mol. The molecule has 102 valence electrons. The standard InChI is InChI=1S/C16H23N3/c1-11-15(16(17)12-7-9-18-10-8-12)13-5-3-4-6-14(13)19(11)2/h3-6,12,16,18H,7-10,17H2,1-2H3. The van der Waals surface area contributed by atoms with Gasteiger partial charge < -0.3 is 15.6 Å². The number of nitrogens with two attached hydrogens (primary N) is 1. The van der Waals surface area contributed by atoms with Gasteiger partial charge in [-0.2, -0.15) is 0 Å². The van der Waals surface area contributed by atoms with E-state index >= 15 is 0 Å². The van der Waals surface area contributed by atoms with Crippen molar-refractivity contribution in [2.75, 3.05) is 13.1 Å². The number of nitrogens with one attached hydrogen (secondary N) is 1. The number of fused-ring (bicyclic) bond motifs is 1. The highest BCUT2D eigenvalue weighted by atomic mass is 15.0. The first-order chi connectivity index (χ1) is 9.20. The summed E-state index contributed by atoms with van der Waals surface area (Å²) in [4.78, 5) is 0. The number of aromatic nitrogens is 1. The largest absolute Gasteiger partial charge is 0.348 e. The van der Waals surface area contributed by atoms with Crippen LogP contribution in [0.3, 0.4) is 0 Å². The number of piperidine rings is 1. The molecule has 1 aliphatic rings. The summed E-state index contributed by atoms with van der Waals surface area (Å²) in [5, 5.41) is 4.74. The molecule has 3 rings (SSSR count). The predicted molar refractivity (Wildman–Crippen MR) is 80.2 cm³/mol. The molecule has 0 radical (unpaired) electrons. The molecule has 0 saturated carbocycles. The van der Waals surface area contributed by atoms with Crippen molar-refractivity contribution < 1.29 is 0 Å². The lowest BCUT2D eigenvalue weighted by atomic mass is 9.85. The summed E-state index contributed by atoms with van der Waals surface area (Å²) in [5.74, 6) is 0.603. The van der Waals surface area contributed by atoms with E-state index in [1.807, 2.05) is 0 Å². The molecule has 3 nitrogen and oxygen atoms in total. The molecular formula is C16H23N3. The fourth-order valence-corrected chi connectivity index (χ4v) is 3.41. The summed E-state index contributed by atoms with van der Waals surface area (Å²) in [6.45, 7) is 4.39. The maximum atomic E-state index is 6.61. The van der Waals surface area contributed by atoms with Gasteiger partial charge in [-0.1, -0.05) is 18.2 Å². The average Bonchev–Trinajstić information content (AvgIpc) is 2.72. The first-order valence-corrected chi connectivity index (χ1v) is 7.20. The Morgan fingerprint density at radius 2 is 1.95 bits per heavy atom. The minimum Gasteiger partial charge on any atom is -0.348 e. The lowest BCUT2D eigenvalue weighted by molar-refractivity contribution is 0.322. The molecule has 3 N–H and O–H groups in total. The number of rotatable bonds is 2. The molecule has 0 bridgehead atoms. The molecule has 1 fully saturated rings. The van der Waals surface area contributed by atoms with Crippen molar-refractivity contribution >= 4 is 10.9 Å². The summed E-state index contributed by atoms with van der Waals surface area (Å²) in [6, 6.07) is 8.76. The third-order valence-corrected chi connectivity index (χ3v) is 4.67. The molecule has 3 heteroatoms. The quantitative estimate of drug-likeness (QED) is 0.868. The summed E-state index contributed by atoms with van der Waals surface area (Å²) < 4.78 is 2.27. The third-order valence-electron chi connectivity index (χ3n) is 4.67. The second-order valence-electron chi connectivity index (χ2n) is 5.69. The Bertz CT molecular complexity index is 579. The second-order valence-corrected chi connectivity index (χ2v) is 5.69. The fraction of sp³-hybridized carbons (Fsp3) is 0.500. The first kappa shape index (κ1) is 12.7. The molecule has 1 unspecified atom stereocenters. The minimum atomic E-state index is 0.160. The highest BCUT2D eigenvalue weighted by molar-refractivity contribution is 5.86. The van der Waals surface area contributed by atoms with Crippen LogP contribution in [-0.2, 0) is 7.05 Å². The predicted octanol–water partition coefficient (Wildman–Crippen LogP) is 2.49. The van der Waals surface area contributed by atoms with Crippen molar-refractivity contribution in [2.45, 2.75) is 25.8 Å². The van der Waals surface area contributed by atoms with Crippen LogP contribution >= 0.6 is 0 Å². The number of nitrogens with zero attached hydrogens (tertiary/aromatic N) is 1. The van der Waals surface area contributed by atoms with Crippen LogP contribution in [-0.4, -0.2) is 17.7 Å². The number of para-hydroxylation sites is 1. The van der Waals surface area contributed by atoms with Crippen LogP contribution < -0.4 is 11.1 Å². The van der Waals surface area contributed by atoms with E-state index in [-0.39, 0.29) is 6.04 Å². The van der Waals surface area contributed by atoms with Gasteiger partial charge in [0.25, 0.3) is 0 Å². The SMILES string of the molecule is Cc1c(C(N)C2CCNCC2)c2ccccc2n1C. The third kappa shape index (κ3) is 2.07. The van der Waals surface area contributed by atoms with Crippen molar-refractivity contribution in [1.29, 1.82) is 0 Å². The van der Waals surface area contributed by atoms with Gasteiger partial charge in [-0.15, -0.1) is 0 Å². The zero-order chi connectivity index (χ0) is 13.4. The first-order valence-electron chi connectivity index (χ1n) is 7.20. The van der Waals surface area contributed by atoms with Crippen LogP contribution in [0.25, 0.3) is 10.9 Å². The van der Waals surface area contributed by atoms with Crippen LogP contribution in [0.1, 0.15) is 30.1 Å². The van der Waals surface area contributed by atoms with E-state index in [1.165, 1.54) is 35.0 Å². The Morgan fingerprint density at radius 1 is 1.26 bits per heavy atom. The Hall–Kier alpha value is -1.32. The van der Waals surface area contributed by atoms with Crippen molar-refractivity contribution in [1.82, 2.24) is 9.88 Å². The Morgan fingerprint density at radius 3 is 2.68 bits per heavy atom. The lowest BCUT2D eigenvalue weighted by Crippen LogP contribution is -2.34. The van der Waals surface area contributed by atoms with Crippen molar-refractivity contribution in [3.05, 3.63) is 35.5 Å². The van der Waals surface area contributed by atoms with E-state index in [9.17, 15) is 0 Å².